The fraction of sp³-hybridized carbons (Fsp3) is 0.727. The van der Waals surface area contributed by atoms with Crippen LogP contribution < -0.4 is 0 Å². The van der Waals surface area contributed by atoms with Crippen molar-refractivity contribution in [1.29, 1.82) is 0 Å². The van der Waals surface area contributed by atoms with Crippen LogP contribution in [0.5, 0.6) is 11.5 Å². The maximum Gasteiger partial charge on any atom is 0.331 e. The van der Waals surface area contributed by atoms with Crippen LogP contribution in [0.4, 0.5) is 0 Å². The van der Waals surface area contributed by atoms with Gasteiger partial charge in [-0.25, -0.2) is 8.42 Å². The number of phenolic OH excluding ortho intramolecular Hbond substituents is 2. The van der Waals surface area contributed by atoms with Crippen molar-refractivity contribution in [2.45, 2.75) is 39.0 Å². The Morgan fingerprint density at radius 2 is 1.78 bits per heavy atom. The molecule has 1 fully saturated rings. The molecule has 0 radical (unpaired) electrons. The summed E-state index contributed by atoms with van der Waals surface area (Å²) in [4.78, 5) is 1.79. The van der Waals surface area contributed by atoms with E-state index in [1.165, 1.54) is 24.6 Å². The Morgan fingerprint density at radius 3 is 2.36 bits per heavy atom. The number of nitrogens with zero attached hydrogens (tertiary/aromatic N) is 2. The monoisotopic (exact) mass is 572 g/mol. The molecule has 208 valence electrons. The highest BCUT2D eigenvalue weighted by Gasteiger charge is 2.37. The number of benzene rings is 1. The van der Waals surface area contributed by atoms with Crippen LogP contribution in [-0.2, 0) is 33.1 Å². The van der Waals surface area contributed by atoms with E-state index >= 15 is 0 Å². The lowest BCUT2D eigenvalue weighted by Crippen LogP contribution is -2.42. The number of methoxy groups -OCH3 is 2. The second kappa shape index (κ2) is 14.3. The molecule has 2 rings (SSSR count). The van der Waals surface area contributed by atoms with Gasteiger partial charge in [-0.05, 0) is 32.8 Å². The summed E-state index contributed by atoms with van der Waals surface area (Å²) in [5.74, 6) is -0.705. The first kappa shape index (κ1) is 31.3. The van der Waals surface area contributed by atoms with Crippen molar-refractivity contribution in [3.05, 3.63) is 22.7 Å². The molecule has 1 heterocycles. The van der Waals surface area contributed by atoms with Gasteiger partial charge in [-0.3, -0.25) is 9.46 Å². The third-order valence-corrected chi connectivity index (χ3v) is 10.2. The molecule has 1 atom stereocenters. The number of halogens is 1. The van der Waals surface area contributed by atoms with Crippen molar-refractivity contribution >= 4 is 29.2 Å². The Bertz CT molecular complexity index is 984. The smallest absolute Gasteiger partial charge is 0.331 e. The SMILES string of the molecule is CCOP(=O)(CCN(CCS(=O)(=O)N1CCCC1c1cc(Cl)c(O)cc1O)CC(OC)OC)OCC. The zero-order valence-corrected chi connectivity index (χ0v) is 23.7. The standard InChI is InChI=1S/C22H38ClN2O9PS/c1-5-33-35(28,34-6-2)12-10-24(16-22(31-3)32-4)11-13-36(29,30)25-9-7-8-19(25)17-14-18(23)21(27)15-20(17)26/h14-15,19,22,26-27H,5-13,16H2,1-4H3. The average molecular weight is 573 g/mol. The molecular weight excluding hydrogens is 535 g/mol. The number of rotatable bonds is 16. The fourth-order valence-corrected chi connectivity index (χ4v) is 7.71. The first-order chi connectivity index (χ1) is 17.0. The van der Waals surface area contributed by atoms with E-state index < -0.39 is 30.0 Å². The van der Waals surface area contributed by atoms with E-state index in [-0.39, 0.29) is 61.3 Å². The first-order valence-corrected chi connectivity index (χ1v) is 15.6. The van der Waals surface area contributed by atoms with E-state index in [2.05, 4.69) is 0 Å². The molecule has 0 amide bonds. The third kappa shape index (κ3) is 8.54. The van der Waals surface area contributed by atoms with Crippen molar-refractivity contribution in [1.82, 2.24) is 9.21 Å². The van der Waals surface area contributed by atoms with E-state index in [0.717, 1.165) is 6.07 Å². The van der Waals surface area contributed by atoms with Gasteiger partial charge < -0.3 is 28.7 Å². The van der Waals surface area contributed by atoms with Crippen LogP contribution in [0.15, 0.2) is 12.1 Å². The number of hydrogen-bond acceptors (Lipinski definition) is 10. The molecule has 2 N–H and O–H groups in total. The van der Waals surface area contributed by atoms with Gasteiger partial charge in [-0.2, -0.15) is 4.31 Å². The molecule has 1 saturated heterocycles. The summed E-state index contributed by atoms with van der Waals surface area (Å²) >= 11 is 6.02. The molecule has 0 aliphatic carbocycles. The number of hydrogen-bond donors (Lipinski definition) is 2. The zero-order chi connectivity index (χ0) is 26.9. The Balaban J connectivity index is 2.17. The van der Waals surface area contributed by atoms with Gasteiger partial charge in [0.1, 0.15) is 11.5 Å². The number of phenols is 2. The van der Waals surface area contributed by atoms with Gasteiger partial charge in [0.25, 0.3) is 0 Å². The van der Waals surface area contributed by atoms with Crippen molar-refractivity contribution in [2.75, 3.05) is 65.5 Å². The quantitative estimate of drug-likeness (QED) is 0.224. The second-order valence-electron chi connectivity index (χ2n) is 8.32. The van der Waals surface area contributed by atoms with Crippen molar-refractivity contribution in [2.24, 2.45) is 0 Å². The van der Waals surface area contributed by atoms with Crippen LogP contribution in [0.2, 0.25) is 5.02 Å². The van der Waals surface area contributed by atoms with Gasteiger partial charge in [-0.1, -0.05) is 11.6 Å². The first-order valence-electron chi connectivity index (χ1n) is 11.9. The maximum atomic E-state index is 13.4. The molecule has 0 bridgehead atoms. The molecule has 1 aromatic carbocycles. The molecule has 1 aliphatic heterocycles. The molecule has 36 heavy (non-hydrogen) atoms. The normalized spacial score (nSPS) is 17.5. The lowest BCUT2D eigenvalue weighted by Gasteiger charge is -2.29. The highest BCUT2D eigenvalue weighted by atomic mass is 35.5. The van der Waals surface area contributed by atoms with Crippen molar-refractivity contribution < 1.29 is 41.7 Å². The predicted octanol–water partition coefficient (Wildman–Crippen LogP) is 3.40. The van der Waals surface area contributed by atoms with Gasteiger partial charge in [0.05, 0.1) is 36.2 Å². The molecule has 14 heteroatoms. The zero-order valence-electron chi connectivity index (χ0n) is 21.3. The molecule has 11 nitrogen and oxygen atoms in total. The molecule has 1 unspecified atom stereocenters. The topological polar surface area (TPSA) is 135 Å². The van der Waals surface area contributed by atoms with Gasteiger partial charge in [-0.15, -0.1) is 0 Å². The van der Waals surface area contributed by atoms with Crippen LogP contribution in [-0.4, -0.2) is 99.7 Å². The molecular formula is C22H38ClN2O9PS. The van der Waals surface area contributed by atoms with Crippen LogP contribution in [0.1, 0.15) is 38.3 Å². The Kier molecular flexibility index (Phi) is 12.4. The second-order valence-corrected chi connectivity index (χ2v) is 13.0. The van der Waals surface area contributed by atoms with Crippen LogP contribution in [0.25, 0.3) is 0 Å². The summed E-state index contributed by atoms with van der Waals surface area (Å²) < 4.78 is 62.3. The molecule has 0 saturated carbocycles. The highest BCUT2D eigenvalue weighted by molar-refractivity contribution is 7.89. The number of aromatic hydroxyl groups is 2. The lowest BCUT2D eigenvalue weighted by molar-refractivity contribution is -0.115. The summed E-state index contributed by atoms with van der Waals surface area (Å²) in [5, 5.41) is 20.1. The van der Waals surface area contributed by atoms with E-state index in [0.29, 0.717) is 24.9 Å². The fourth-order valence-electron chi connectivity index (χ4n) is 4.15. The van der Waals surface area contributed by atoms with E-state index in [1.54, 1.807) is 18.7 Å². The van der Waals surface area contributed by atoms with Gasteiger partial charge in [0, 0.05) is 52.0 Å². The van der Waals surface area contributed by atoms with Crippen LogP contribution >= 0.6 is 19.2 Å². The summed E-state index contributed by atoms with van der Waals surface area (Å²) in [6.45, 7) is 4.83. The Labute approximate surface area is 218 Å². The summed E-state index contributed by atoms with van der Waals surface area (Å²) in [7, 11) is -4.11. The van der Waals surface area contributed by atoms with Gasteiger partial charge in [0.2, 0.25) is 10.0 Å². The largest absolute Gasteiger partial charge is 0.507 e. The summed E-state index contributed by atoms with van der Waals surface area (Å²) in [6, 6.07) is 1.92. The molecule has 0 aromatic heterocycles. The van der Waals surface area contributed by atoms with Gasteiger partial charge >= 0.3 is 7.60 Å². The maximum absolute atomic E-state index is 13.4. The highest BCUT2D eigenvalue weighted by Crippen LogP contribution is 2.47. The van der Waals surface area contributed by atoms with Gasteiger partial charge in [0.15, 0.2) is 6.29 Å². The minimum absolute atomic E-state index is 0.0384. The average Bonchev–Trinajstić information content (AvgIpc) is 3.32. The van der Waals surface area contributed by atoms with Crippen molar-refractivity contribution in [3.63, 3.8) is 0 Å². The minimum Gasteiger partial charge on any atom is -0.507 e. The summed E-state index contributed by atoms with van der Waals surface area (Å²) in [6.07, 6.45) is 0.606. The van der Waals surface area contributed by atoms with Crippen molar-refractivity contribution in [3.8, 4) is 11.5 Å². The molecule has 1 aromatic rings. The summed E-state index contributed by atoms with van der Waals surface area (Å²) in [5.41, 5.74) is 0.351. The third-order valence-electron chi connectivity index (χ3n) is 5.96. The van der Waals surface area contributed by atoms with Crippen LogP contribution in [0.3, 0.4) is 0 Å². The van der Waals surface area contributed by atoms with Crippen LogP contribution in [0, 0.1) is 0 Å². The van der Waals surface area contributed by atoms with E-state index in [4.69, 9.17) is 30.1 Å². The molecule has 0 spiro atoms. The lowest BCUT2D eigenvalue weighted by atomic mass is 10.0. The minimum atomic E-state index is -3.75. The Morgan fingerprint density at radius 1 is 1.14 bits per heavy atom. The van der Waals surface area contributed by atoms with E-state index in [9.17, 15) is 23.2 Å². The predicted molar refractivity (Wildman–Crippen MR) is 137 cm³/mol. The molecule has 1 aliphatic rings. The van der Waals surface area contributed by atoms with E-state index in [1.807, 2.05) is 0 Å². The number of ether oxygens (including phenoxy) is 2. The number of sulfonamides is 1. The Hall–Kier alpha value is -0.950.